The number of hydroxylamine groups is 1. The van der Waals surface area contributed by atoms with Crippen LogP contribution in [0.25, 0.3) is 0 Å². The fourth-order valence-electron chi connectivity index (χ4n) is 4.38. The smallest absolute Gasteiger partial charge is 0.266 e. The predicted molar refractivity (Wildman–Crippen MR) is 121 cm³/mol. The van der Waals surface area contributed by atoms with Crippen molar-refractivity contribution in [3.05, 3.63) is 90.2 Å². The SMILES string of the molecule is CCCOc1ccc(N2C(=O)[C@@H]3[C@H](ON(c4ccccc4)[C@@H]3c3ccc(F)cc3)C2=O)cc1. The van der Waals surface area contributed by atoms with Gasteiger partial charge in [-0.05, 0) is 60.5 Å². The Morgan fingerprint density at radius 3 is 2.24 bits per heavy atom. The highest BCUT2D eigenvalue weighted by Crippen LogP contribution is 2.47. The van der Waals surface area contributed by atoms with Gasteiger partial charge in [-0.15, -0.1) is 0 Å². The number of nitrogens with zero attached hydrogens (tertiary/aromatic N) is 2. The number of carbonyl (C=O) groups excluding carboxylic acids is 2. The quantitative estimate of drug-likeness (QED) is 0.515. The lowest BCUT2D eigenvalue weighted by molar-refractivity contribution is -0.126. The molecular formula is C26H23FN2O4. The number of hydrogen-bond acceptors (Lipinski definition) is 5. The third kappa shape index (κ3) is 3.74. The van der Waals surface area contributed by atoms with Crippen LogP contribution in [0.5, 0.6) is 5.75 Å². The molecule has 33 heavy (non-hydrogen) atoms. The molecule has 2 aliphatic rings. The average Bonchev–Trinajstić information content (AvgIpc) is 3.35. The van der Waals surface area contributed by atoms with Gasteiger partial charge in [0.2, 0.25) is 5.91 Å². The summed E-state index contributed by atoms with van der Waals surface area (Å²) in [5.41, 5.74) is 1.88. The van der Waals surface area contributed by atoms with Crippen molar-refractivity contribution in [3.8, 4) is 5.75 Å². The third-order valence-electron chi connectivity index (χ3n) is 5.91. The van der Waals surface area contributed by atoms with Gasteiger partial charge in [-0.25, -0.2) is 14.4 Å². The monoisotopic (exact) mass is 446 g/mol. The largest absolute Gasteiger partial charge is 0.494 e. The first-order valence-electron chi connectivity index (χ1n) is 11.0. The van der Waals surface area contributed by atoms with E-state index in [1.807, 2.05) is 37.3 Å². The van der Waals surface area contributed by atoms with Crippen molar-refractivity contribution >= 4 is 23.2 Å². The molecule has 0 aliphatic carbocycles. The lowest BCUT2D eigenvalue weighted by atomic mass is 9.90. The van der Waals surface area contributed by atoms with Crippen molar-refractivity contribution in [2.45, 2.75) is 25.5 Å². The second-order valence-corrected chi connectivity index (χ2v) is 8.06. The molecule has 3 atom stereocenters. The number of benzene rings is 3. The number of ether oxygens (including phenoxy) is 1. The third-order valence-corrected chi connectivity index (χ3v) is 5.91. The number of hydrogen-bond donors (Lipinski definition) is 0. The van der Waals surface area contributed by atoms with E-state index in [0.717, 1.165) is 6.42 Å². The van der Waals surface area contributed by atoms with Gasteiger partial charge in [0.25, 0.3) is 5.91 Å². The zero-order valence-electron chi connectivity index (χ0n) is 18.1. The summed E-state index contributed by atoms with van der Waals surface area (Å²) in [4.78, 5) is 34.2. The molecule has 2 fully saturated rings. The number of imide groups is 1. The van der Waals surface area contributed by atoms with Crippen LogP contribution in [0.1, 0.15) is 24.9 Å². The normalized spacial score (nSPS) is 22.1. The van der Waals surface area contributed by atoms with Gasteiger partial charge in [0.1, 0.15) is 17.5 Å². The summed E-state index contributed by atoms with van der Waals surface area (Å²) in [5.74, 6) is -1.23. The van der Waals surface area contributed by atoms with E-state index in [9.17, 15) is 14.0 Å². The highest BCUT2D eigenvalue weighted by Gasteiger charge is 2.60. The Labute approximate surface area is 191 Å². The Kier molecular flexibility index (Phi) is 5.56. The second-order valence-electron chi connectivity index (χ2n) is 8.06. The van der Waals surface area contributed by atoms with Gasteiger partial charge in [0.05, 0.1) is 24.0 Å². The van der Waals surface area contributed by atoms with E-state index >= 15 is 0 Å². The van der Waals surface area contributed by atoms with Crippen molar-refractivity contribution in [1.29, 1.82) is 0 Å². The first-order valence-corrected chi connectivity index (χ1v) is 11.0. The van der Waals surface area contributed by atoms with Gasteiger partial charge in [0, 0.05) is 0 Å². The lowest BCUT2D eigenvalue weighted by Crippen LogP contribution is -2.37. The van der Waals surface area contributed by atoms with Crippen molar-refractivity contribution in [1.82, 2.24) is 0 Å². The molecule has 3 aromatic carbocycles. The van der Waals surface area contributed by atoms with Gasteiger partial charge in [-0.1, -0.05) is 37.3 Å². The van der Waals surface area contributed by atoms with Crippen LogP contribution in [-0.2, 0) is 14.4 Å². The highest BCUT2D eigenvalue weighted by molar-refractivity contribution is 6.23. The van der Waals surface area contributed by atoms with Crippen LogP contribution in [0.2, 0.25) is 0 Å². The standard InChI is InChI=1S/C26H23FN2O4/c1-2-16-32-21-14-12-19(13-15-21)28-25(30)22-23(17-8-10-18(27)11-9-17)29(33-24(22)26(28)31)20-6-4-3-5-7-20/h3-15,22-24H,2,16H2,1H3/t22-,23+,24-/m0/s1. The average molecular weight is 446 g/mol. The van der Waals surface area contributed by atoms with E-state index in [2.05, 4.69) is 0 Å². The van der Waals surface area contributed by atoms with Gasteiger partial charge >= 0.3 is 0 Å². The summed E-state index contributed by atoms with van der Waals surface area (Å²) in [6, 6.07) is 21.5. The van der Waals surface area contributed by atoms with Crippen molar-refractivity contribution < 1.29 is 23.6 Å². The molecule has 0 aromatic heterocycles. The van der Waals surface area contributed by atoms with E-state index in [-0.39, 0.29) is 11.7 Å². The van der Waals surface area contributed by atoms with Crippen LogP contribution in [0.3, 0.4) is 0 Å². The molecule has 168 valence electrons. The Morgan fingerprint density at radius 2 is 1.58 bits per heavy atom. The van der Waals surface area contributed by atoms with E-state index in [1.165, 1.54) is 17.0 Å². The van der Waals surface area contributed by atoms with Gasteiger partial charge in [0.15, 0.2) is 6.10 Å². The number of rotatable bonds is 6. The second kappa shape index (κ2) is 8.67. The molecule has 2 heterocycles. The Bertz CT molecular complexity index is 1150. The summed E-state index contributed by atoms with van der Waals surface area (Å²) < 4.78 is 19.2. The number of fused-ring (bicyclic) bond motifs is 1. The zero-order chi connectivity index (χ0) is 22.9. The number of para-hydroxylation sites is 1. The van der Waals surface area contributed by atoms with Crippen LogP contribution in [0.4, 0.5) is 15.8 Å². The fraction of sp³-hybridized carbons (Fsp3) is 0.231. The topological polar surface area (TPSA) is 59.1 Å². The number of amides is 2. The molecule has 0 unspecified atom stereocenters. The van der Waals surface area contributed by atoms with E-state index in [1.54, 1.807) is 41.5 Å². The molecule has 2 amide bonds. The van der Waals surface area contributed by atoms with Crippen molar-refractivity contribution in [3.63, 3.8) is 0 Å². The zero-order valence-corrected chi connectivity index (χ0v) is 18.1. The Morgan fingerprint density at radius 1 is 0.879 bits per heavy atom. The molecule has 2 saturated heterocycles. The van der Waals surface area contributed by atoms with Crippen LogP contribution in [0, 0.1) is 11.7 Å². The number of anilines is 2. The van der Waals surface area contributed by atoms with E-state index in [4.69, 9.17) is 9.57 Å². The minimum absolute atomic E-state index is 0.347. The Balaban J connectivity index is 1.49. The molecule has 0 spiro atoms. The number of halogens is 1. The molecule has 0 N–H and O–H groups in total. The lowest BCUT2D eigenvalue weighted by Gasteiger charge is -2.28. The molecule has 5 rings (SSSR count). The summed E-state index contributed by atoms with van der Waals surface area (Å²) in [6.07, 6.45) is -0.0856. The molecule has 6 nitrogen and oxygen atoms in total. The summed E-state index contributed by atoms with van der Waals surface area (Å²) in [5, 5.41) is 1.59. The highest BCUT2D eigenvalue weighted by atomic mass is 19.1. The minimum atomic E-state index is -0.969. The summed E-state index contributed by atoms with van der Waals surface area (Å²) in [6.45, 7) is 2.61. The maximum absolute atomic E-state index is 13.6. The molecule has 0 saturated carbocycles. The van der Waals surface area contributed by atoms with Gasteiger partial charge in [-0.2, -0.15) is 0 Å². The number of carbonyl (C=O) groups is 2. The first kappa shape index (κ1) is 21.2. The maximum atomic E-state index is 13.6. The molecule has 2 aliphatic heterocycles. The molecule has 0 bridgehead atoms. The molecule has 7 heteroatoms. The van der Waals surface area contributed by atoms with Gasteiger partial charge in [-0.3, -0.25) is 14.4 Å². The summed E-state index contributed by atoms with van der Waals surface area (Å²) >= 11 is 0. The molecule has 3 aromatic rings. The molecular weight excluding hydrogens is 423 g/mol. The first-order chi connectivity index (χ1) is 16.1. The van der Waals surface area contributed by atoms with Crippen LogP contribution < -0.4 is 14.7 Å². The Hall–Kier alpha value is -3.71. The fourth-order valence-corrected chi connectivity index (χ4v) is 4.38. The van der Waals surface area contributed by atoms with Crippen LogP contribution >= 0.6 is 0 Å². The minimum Gasteiger partial charge on any atom is -0.494 e. The van der Waals surface area contributed by atoms with Crippen molar-refractivity contribution in [2.75, 3.05) is 16.6 Å². The summed E-state index contributed by atoms with van der Waals surface area (Å²) in [7, 11) is 0. The van der Waals surface area contributed by atoms with Crippen LogP contribution in [0.15, 0.2) is 78.9 Å². The predicted octanol–water partition coefficient (Wildman–Crippen LogP) is 4.67. The molecule has 0 radical (unpaired) electrons. The van der Waals surface area contributed by atoms with Crippen molar-refractivity contribution in [2.24, 2.45) is 5.92 Å². The van der Waals surface area contributed by atoms with Crippen LogP contribution in [-0.4, -0.2) is 24.5 Å². The van der Waals surface area contributed by atoms with E-state index in [0.29, 0.717) is 29.3 Å². The van der Waals surface area contributed by atoms with Gasteiger partial charge < -0.3 is 4.74 Å². The maximum Gasteiger partial charge on any atom is 0.266 e. The van der Waals surface area contributed by atoms with E-state index < -0.39 is 24.0 Å².